The summed E-state index contributed by atoms with van der Waals surface area (Å²) < 4.78 is 42.7. The van der Waals surface area contributed by atoms with Gasteiger partial charge < -0.3 is 15.8 Å². The predicted molar refractivity (Wildman–Crippen MR) is 107 cm³/mol. The molecule has 1 aromatic rings. The Balaban J connectivity index is 1.46. The van der Waals surface area contributed by atoms with Gasteiger partial charge in [0.25, 0.3) is 0 Å². The Kier molecular flexibility index (Phi) is 5.76. The average Bonchev–Trinajstić information content (AvgIpc) is 3.13. The summed E-state index contributed by atoms with van der Waals surface area (Å²) >= 11 is 0. The van der Waals surface area contributed by atoms with Crippen LogP contribution in [-0.4, -0.2) is 53.6 Å². The Morgan fingerprint density at radius 1 is 1.33 bits per heavy atom. The Morgan fingerprint density at radius 2 is 2.00 bits per heavy atom. The van der Waals surface area contributed by atoms with E-state index in [4.69, 9.17) is 11.1 Å². The van der Waals surface area contributed by atoms with E-state index in [1.165, 1.54) is 12.3 Å². The molecule has 0 spiro atoms. The number of halogens is 3. The second-order valence-corrected chi connectivity index (χ2v) is 8.98. The normalized spacial score (nSPS) is 29.2. The minimum Gasteiger partial charge on any atom is -0.431 e. The molecule has 2 unspecified atom stereocenters. The number of nitrogens with two attached hydrogens (primary N) is 2. The van der Waals surface area contributed by atoms with Gasteiger partial charge in [0.15, 0.2) is 11.6 Å². The molecule has 2 saturated carbocycles. The third kappa shape index (κ3) is 4.32. The molecule has 1 aromatic heterocycles. The number of alkyl halides is 3. The minimum absolute atomic E-state index is 0.130. The fourth-order valence-electron chi connectivity index (χ4n) is 5.04. The van der Waals surface area contributed by atoms with E-state index in [0.717, 1.165) is 18.5 Å². The smallest absolute Gasteiger partial charge is 0.387 e. The molecule has 30 heavy (non-hydrogen) atoms. The molecule has 3 fully saturated rings. The summed E-state index contributed by atoms with van der Waals surface area (Å²) in [6.07, 6.45) is 4.71. The van der Waals surface area contributed by atoms with Crippen LogP contribution in [0.25, 0.3) is 0 Å². The molecule has 0 bridgehead atoms. The van der Waals surface area contributed by atoms with Crippen molar-refractivity contribution >= 4 is 11.5 Å². The second-order valence-electron chi connectivity index (χ2n) is 8.98. The lowest BCUT2D eigenvalue weighted by Crippen LogP contribution is -2.87. The summed E-state index contributed by atoms with van der Waals surface area (Å²) in [6, 6.07) is 2.14. The van der Waals surface area contributed by atoms with Crippen molar-refractivity contribution in [3.8, 4) is 5.75 Å². The molecule has 0 amide bonds. The third-order valence-electron chi connectivity index (χ3n) is 6.43. The molecule has 0 aromatic carbocycles. The van der Waals surface area contributed by atoms with Crippen molar-refractivity contribution in [1.29, 1.82) is 5.41 Å². The molecule has 0 radical (unpaired) electrons. The number of fused-ring (bicyclic) bond motifs is 1. The Labute approximate surface area is 174 Å². The van der Waals surface area contributed by atoms with Gasteiger partial charge in [0.2, 0.25) is 0 Å². The first-order valence-corrected chi connectivity index (χ1v) is 10.5. The molecule has 3 aliphatic rings. The largest absolute Gasteiger partial charge is 0.431 e. The van der Waals surface area contributed by atoms with E-state index in [0.29, 0.717) is 48.5 Å². The van der Waals surface area contributed by atoms with Gasteiger partial charge in [0.1, 0.15) is 11.9 Å². The number of nitrogens with one attached hydrogen (secondary N) is 1. The van der Waals surface area contributed by atoms with Crippen LogP contribution in [0.1, 0.15) is 32.3 Å². The van der Waals surface area contributed by atoms with Gasteiger partial charge >= 0.3 is 6.61 Å². The van der Waals surface area contributed by atoms with E-state index < -0.39 is 12.8 Å². The summed E-state index contributed by atoms with van der Waals surface area (Å²) in [5.41, 5.74) is 7.29. The number of aromatic nitrogens is 1. The number of nitrogen functional groups attached to an aromatic ring is 1. The number of rotatable bonds is 8. The topological polar surface area (TPSA) is 91.8 Å². The van der Waals surface area contributed by atoms with Gasteiger partial charge in [-0.1, -0.05) is 0 Å². The van der Waals surface area contributed by atoms with Gasteiger partial charge in [0.05, 0.1) is 11.8 Å². The molecule has 4 atom stereocenters. The number of ether oxygens (including phenoxy) is 1. The fourth-order valence-corrected chi connectivity index (χ4v) is 5.04. The number of anilines is 1. The highest BCUT2D eigenvalue weighted by Crippen LogP contribution is 2.60. The Morgan fingerprint density at radius 3 is 2.57 bits per heavy atom. The van der Waals surface area contributed by atoms with Gasteiger partial charge in [0, 0.05) is 42.9 Å². The summed E-state index contributed by atoms with van der Waals surface area (Å²) in [6.45, 7) is 2.32. The van der Waals surface area contributed by atoms with Gasteiger partial charge in [-0.15, -0.1) is 0 Å². The number of quaternary nitrogens is 1. The molecule has 2 heterocycles. The maximum Gasteiger partial charge on any atom is 0.387 e. The van der Waals surface area contributed by atoms with Crippen LogP contribution < -0.4 is 15.8 Å². The number of pyridine rings is 1. The first-order chi connectivity index (χ1) is 14.2. The lowest BCUT2D eigenvalue weighted by Gasteiger charge is -2.40. The lowest BCUT2D eigenvalue weighted by molar-refractivity contribution is -0.640. The zero-order valence-electron chi connectivity index (χ0n) is 17.2. The number of nitrogens with zero attached hydrogens (tertiary/aromatic N) is 2. The summed E-state index contributed by atoms with van der Waals surface area (Å²) in [7, 11) is 0. The number of likely N-dealkylation sites (tertiary alicyclic amines) is 1. The highest BCUT2D eigenvalue weighted by molar-refractivity contribution is 6.07. The third-order valence-corrected chi connectivity index (χ3v) is 6.43. The van der Waals surface area contributed by atoms with Crippen LogP contribution in [0.3, 0.4) is 0 Å². The van der Waals surface area contributed by atoms with Crippen molar-refractivity contribution < 1.29 is 23.2 Å². The van der Waals surface area contributed by atoms with Gasteiger partial charge in [-0.2, -0.15) is 8.78 Å². The van der Waals surface area contributed by atoms with Crippen LogP contribution in [0.2, 0.25) is 0 Å². The van der Waals surface area contributed by atoms with Crippen LogP contribution in [0.5, 0.6) is 5.75 Å². The van der Waals surface area contributed by atoms with Crippen molar-refractivity contribution in [2.75, 3.05) is 18.8 Å². The molecule has 164 valence electrons. The van der Waals surface area contributed by atoms with Crippen molar-refractivity contribution in [2.24, 2.45) is 17.8 Å². The molecular formula is C21H29F3N5O+. The van der Waals surface area contributed by atoms with Crippen molar-refractivity contribution in [2.45, 2.75) is 51.6 Å². The highest BCUT2D eigenvalue weighted by atomic mass is 19.3. The van der Waals surface area contributed by atoms with E-state index >= 15 is 0 Å². The van der Waals surface area contributed by atoms with Gasteiger partial charge in [-0.3, -0.25) is 10.3 Å². The molecule has 2 aliphatic carbocycles. The standard InChI is InChI=1S/C21H28F3N5O/c1-10(2)28-17(19-14-4-13(5-15(14)19)29-8-12(22)9-29)6-16(25)11-3-18(30-21(23)24)20(26)27-7-11/h3,6-7,10,12-15,19,21,25,28H,4-5,8-9H2,1-2H3,(H2,26,27)/p+1/b17-6-,25-16?/t13?,14-,15+,19?. The van der Waals surface area contributed by atoms with E-state index in [1.807, 2.05) is 6.08 Å². The highest BCUT2D eigenvalue weighted by Gasteiger charge is 2.60. The van der Waals surface area contributed by atoms with Gasteiger partial charge in [-0.05, 0) is 44.6 Å². The zero-order chi connectivity index (χ0) is 21.6. The van der Waals surface area contributed by atoms with Gasteiger partial charge in [-0.25, -0.2) is 9.37 Å². The van der Waals surface area contributed by atoms with E-state index in [-0.39, 0.29) is 17.3 Å². The quantitative estimate of drug-likeness (QED) is 0.558. The molecule has 9 heteroatoms. The van der Waals surface area contributed by atoms with Crippen LogP contribution in [0.15, 0.2) is 24.0 Å². The molecule has 1 saturated heterocycles. The van der Waals surface area contributed by atoms with Crippen molar-refractivity contribution in [1.82, 2.24) is 9.88 Å². The summed E-state index contributed by atoms with van der Waals surface area (Å²) in [4.78, 5) is 6.14. The van der Waals surface area contributed by atoms with Crippen LogP contribution in [-0.2, 0) is 0 Å². The first kappa shape index (κ1) is 21.1. The lowest BCUT2D eigenvalue weighted by atomic mass is 9.98. The number of hydrogen-bond acceptors (Lipinski definition) is 5. The van der Waals surface area contributed by atoms with E-state index in [2.05, 4.69) is 33.8 Å². The average molecular weight is 424 g/mol. The maximum absolute atomic E-state index is 13.2. The molecule has 1 aliphatic heterocycles. The van der Waals surface area contributed by atoms with E-state index in [9.17, 15) is 13.2 Å². The Bertz CT molecular complexity index is 828. The van der Waals surface area contributed by atoms with Crippen LogP contribution in [0, 0.1) is 23.2 Å². The maximum atomic E-state index is 13.2. The molecule has 5 N–H and O–H groups in total. The van der Waals surface area contributed by atoms with Crippen LogP contribution in [0.4, 0.5) is 19.0 Å². The second kappa shape index (κ2) is 8.19. The SMILES string of the molecule is CC(C)[NH2+]/C(=C\C(=N)c1cnc(N)c(OC(F)F)c1)C1[C@H]2CC(N3CC(F)C3)C[C@@H]12. The Hall–Kier alpha value is -2.13. The first-order valence-electron chi connectivity index (χ1n) is 10.5. The molecule has 6 nitrogen and oxygen atoms in total. The van der Waals surface area contributed by atoms with E-state index in [1.54, 1.807) is 0 Å². The minimum atomic E-state index is -3.00. The number of hydrogen-bond donors (Lipinski definition) is 3. The van der Waals surface area contributed by atoms with Crippen molar-refractivity contribution in [3.05, 3.63) is 29.6 Å². The number of allylic oxidation sites excluding steroid dienone is 2. The summed E-state index contributed by atoms with van der Waals surface area (Å²) in [5.74, 6) is 1.20. The predicted octanol–water partition coefficient (Wildman–Crippen LogP) is 2.17. The monoisotopic (exact) mass is 424 g/mol. The summed E-state index contributed by atoms with van der Waals surface area (Å²) in [5, 5.41) is 10.7. The fraction of sp³-hybridized carbons (Fsp3) is 0.619. The van der Waals surface area contributed by atoms with Crippen LogP contribution >= 0.6 is 0 Å². The van der Waals surface area contributed by atoms with Crippen molar-refractivity contribution in [3.63, 3.8) is 0 Å². The molecular weight excluding hydrogens is 395 g/mol. The zero-order valence-corrected chi connectivity index (χ0v) is 17.2. The molecule has 4 rings (SSSR count).